The zero-order valence-corrected chi connectivity index (χ0v) is 70.5. The lowest BCUT2D eigenvalue weighted by Crippen LogP contribution is -2.30. The lowest BCUT2D eigenvalue weighted by molar-refractivity contribution is -0.660. The molecule has 15 rings (SSSR count). The van der Waals surface area contributed by atoms with Crippen molar-refractivity contribution in [2.24, 2.45) is 35.2 Å². The van der Waals surface area contributed by atoms with Crippen molar-refractivity contribution in [2.75, 3.05) is 0 Å². The first kappa shape index (κ1) is 62.3. The molecule has 0 aliphatic rings. The summed E-state index contributed by atoms with van der Waals surface area (Å²) in [5.41, 5.74) is 31.5. The van der Waals surface area contributed by atoms with Gasteiger partial charge in [0.15, 0.2) is 31.0 Å². The minimum absolute atomic E-state index is 0.0804. The molecule has 5 heterocycles. The van der Waals surface area contributed by atoms with E-state index in [1.165, 1.54) is 68.8 Å². The van der Waals surface area contributed by atoms with Crippen LogP contribution in [0.1, 0.15) is 155 Å². The van der Waals surface area contributed by atoms with Crippen LogP contribution in [0, 0.1) is 96.6 Å². The Morgan fingerprint density at radius 2 is 0.569 bits per heavy atom. The molecule has 15 aromatic rings. The normalized spacial score (nSPS) is 14.6. The smallest absolute Gasteiger partial charge is 0.201 e. The Bertz CT molecular complexity index is 6820. The van der Waals surface area contributed by atoms with E-state index in [4.69, 9.17) is 26.0 Å². The summed E-state index contributed by atoms with van der Waals surface area (Å²) in [5, 5.41) is 0. The minimum atomic E-state index is -2.51. The second-order valence-corrected chi connectivity index (χ2v) is 31.4. The third-order valence-corrected chi connectivity index (χ3v) is 21.5. The zero-order valence-electron chi connectivity index (χ0n) is 89.5. The summed E-state index contributed by atoms with van der Waals surface area (Å²) in [6.45, 7) is 10.6. The highest BCUT2D eigenvalue weighted by Crippen LogP contribution is 2.36. The quantitative estimate of drug-likeness (QED) is 0.115. The third-order valence-electron chi connectivity index (χ3n) is 21.5. The Hall–Kier alpha value is -12.1. The molecular weight excluding hydrogens is 1400 g/mol. The van der Waals surface area contributed by atoms with Gasteiger partial charge in [-0.25, -0.2) is 22.8 Å². The van der Waals surface area contributed by atoms with Gasteiger partial charge in [0, 0.05) is 115 Å². The van der Waals surface area contributed by atoms with Gasteiger partial charge in [0.2, 0.25) is 28.5 Å². The van der Waals surface area contributed by atoms with E-state index in [2.05, 4.69) is 172 Å². The fourth-order valence-electron chi connectivity index (χ4n) is 14.9. The standard InChI is InChI=1S/C24H28N.C23H26N.C22H24N.2C21H22N/c1-17-9-7-8-10-21(17)23-16-20(13-14-25(23)6)19-11-12-22(18(2)15-19)24(3,4)5;1-16(2)22-14-19(11-10-18(22)4)20-12-13-24(5)23(15-20)21-9-7-6-8-17(21)3;1-15-8-6-7-9-21(15)22-14-19(10-11-23(22)5)20-12-16(2)18(4)17(3)13-20;2*1-15-11-16(2)13-19(12-15)18-9-10-22(4)21(14-18)20-8-6-5-7-17(20)3/h7-16H,1-6H3;6-16H,1-5H3;6-14H,1-5H3;2*5-14H,1-4H3/q5*+1/i2D3,3D3;1D3,16D;2D3,4D3;1D3;. The van der Waals surface area contributed by atoms with Gasteiger partial charge in [0.1, 0.15) is 35.2 Å². The molecule has 5 aromatic heterocycles. The second kappa shape index (κ2) is 37.5. The van der Waals surface area contributed by atoms with Gasteiger partial charge in [-0.2, -0.15) is 0 Å². The Morgan fingerprint density at radius 3 is 0.905 bits per heavy atom. The van der Waals surface area contributed by atoms with Crippen LogP contribution in [0.2, 0.25) is 0 Å². The summed E-state index contributed by atoms with van der Waals surface area (Å²) < 4.78 is 160. The van der Waals surface area contributed by atoms with Crippen LogP contribution in [-0.4, -0.2) is 0 Å². The largest absolute Gasteiger partial charge is 0.213 e. The third kappa shape index (κ3) is 20.7. The fraction of sp³-hybridized carbons (Fsp3) is 0.234. The first-order chi connectivity index (χ1) is 62.9. The van der Waals surface area contributed by atoms with Crippen LogP contribution in [0.4, 0.5) is 0 Å². The lowest BCUT2D eigenvalue weighted by Gasteiger charge is -2.22. The molecule has 5 heteroatoms. The summed E-state index contributed by atoms with van der Waals surface area (Å²) in [6, 6.07) is 88.3. The lowest BCUT2D eigenvalue weighted by atomic mass is 9.83. The van der Waals surface area contributed by atoms with Gasteiger partial charge in [0.05, 0.1) is 0 Å². The highest BCUT2D eigenvalue weighted by atomic mass is 14.9. The first-order valence-electron chi connectivity index (χ1n) is 48.9. The molecule has 10 aromatic carbocycles. The van der Waals surface area contributed by atoms with E-state index in [0.717, 1.165) is 101 Å². The van der Waals surface area contributed by atoms with E-state index in [1.54, 1.807) is 51.1 Å². The summed E-state index contributed by atoms with van der Waals surface area (Å²) in [7, 11) is 10.1. The monoisotopic (exact) mass is 1540 g/mol. The molecule has 1 unspecified atom stereocenters. The van der Waals surface area contributed by atoms with E-state index in [1.807, 2.05) is 210 Å². The predicted octanol–water partition coefficient (Wildman–Crippen LogP) is 26.0. The molecule has 0 bridgehead atoms. The molecule has 0 spiro atoms. The van der Waals surface area contributed by atoms with E-state index < -0.39 is 52.4 Å². The van der Waals surface area contributed by atoms with Gasteiger partial charge in [-0.3, -0.25) is 0 Å². The Kier molecular flexibility index (Phi) is 20.1. The van der Waals surface area contributed by atoms with Crippen molar-refractivity contribution >= 4 is 0 Å². The number of rotatable bonds is 11. The Morgan fingerprint density at radius 1 is 0.267 bits per heavy atom. The van der Waals surface area contributed by atoms with Gasteiger partial charge >= 0.3 is 0 Å². The molecule has 5 nitrogen and oxygen atoms in total. The maximum Gasteiger partial charge on any atom is 0.213 e. The first-order valence-corrected chi connectivity index (χ1v) is 39.4. The van der Waals surface area contributed by atoms with Gasteiger partial charge in [-0.15, -0.1) is 0 Å². The minimum Gasteiger partial charge on any atom is -0.201 e. The molecule has 0 N–H and O–H groups in total. The molecule has 0 saturated heterocycles. The van der Waals surface area contributed by atoms with Crippen LogP contribution in [0.5, 0.6) is 0 Å². The van der Waals surface area contributed by atoms with Crippen molar-refractivity contribution in [1.82, 2.24) is 0 Å². The summed E-state index contributed by atoms with van der Waals surface area (Å²) in [5.74, 6) is -1.66. The molecule has 1 atom stereocenters. The van der Waals surface area contributed by atoms with Crippen molar-refractivity contribution in [3.8, 4) is 112 Å². The number of aromatic nitrogens is 5. The van der Waals surface area contributed by atoms with E-state index >= 15 is 0 Å². The summed E-state index contributed by atoms with van der Waals surface area (Å²) in [4.78, 5) is 0. The number of nitrogens with zero attached hydrogens (tertiary/aromatic N) is 5. The molecule has 0 radical (unpaired) electrons. The van der Waals surface area contributed by atoms with Gasteiger partial charge < -0.3 is 0 Å². The highest BCUT2D eigenvalue weighted by Gasteiger charge is 2.22. The average Bonchev–Trinajstić information content (AvgIpc) is 0.739. The Labute approximate surface area is 722 Å². The van der Waals surface area contributed by atoms with Crippen LogP contribution in [-0.2, 0) is 40.7 Å². The number of hydrogen-bond donors (Lipinski definition) is 0. The Balaban J connectivity index is 0.000000163. The van der Waals surface area contributed by atoms with Crippen molar-refractivity contribution in [3.05, 3.63) is 387 Å². The van der Waals surface area contributed by atoms with Gasteiger partial charge in [-0.1, -0.05) is 233 Å². The van der Waals surface area contributed by atoms with E-state index in [9.17, 15) is 0 Å². The van der Waals surface area contributed by atoms with Gasteiger partial charge in [0.25, 0.3) is 0 Å². The van der Waals surface area contributed by atoms with Gasteiger partial charge in [-0.05, 0) is 261 Å². The fourth-order valence-corrected chi connectivity index (χ4v) is 14.9. The highest BCUT2D eigenvalue weighted by molar-refractivity contribution is 5.77. The van der Waals surface area contributed by atoms with Crippen LogP contribution in [0.15, 0.2) is 298 Å². The molecule has 0 aliphatic heterocycles. The maximum absolute atomic E-state index is 8.49. The summed E-state index contributed by atoms with van der Waals surface area (Å²) >= 11 is 0. The molecular formula is C111H122N5+5. The molecule has 0 fully saturated rings. The van der Waals surface area contributed by atoms with E-state index in [0.29, 0.717) is 27.8 Å². The predicted molar refractivity (Wildman–Crippen MR) is 492 cm³/mol. The van der Waals surface area contributed by atoms with Crippen LogP contribution >= 0.6 is 0 Å². The van der Waals surface area contributed by atoms with Crippen molar-refractivity contribution in [2.45, 2.75) is 142 Å². The van der Waals surface area contributed by atoms with Crippen molar-refractivity contribution < 1.29 is 48.9 Å². The number of hydrogen-bond acceptors (Lipinski definition) is 0. The van der Waals surface area contributed by atoms with Crippen LogP contribution in [0.3, 0.4) is 0 Å². The second-order valence-electron chi connectivity index (χ2n) is 31.4. The topological polar surface area (TPSA) is 19.4 Å². The van der Waals surface area contributed by atoms with Crippen LogP contribution < -0.4 is 22.8 Å². The molecule has 116 heavy (non-hydrogen) atoms. The maximum atomic E-state index is 8.49. The molecule has 0 aliphatic carbocycles. The number of pyridine rings is 5. The number of benzene rings is 10. The van der Waals surface area contributed by atoms with E-state index in [-0.39, 0.29) is 16.7 Å². The van der Waals surface area contributed by atoms with Crippen molar-refractivity contribution in [3.63, 3.8) is 0 Å². The van der Waals surface area contributed by atoms with Crippen LogP contribution in [0.25, 0.3) is 112 Å². The molecule has 0 amide bonds. The zero-order chi connectivity index (χ0) is 99.3. The average molecular weight is 1550 g/mol. The number of aryl methyl sites for hydroxylation is 18. The van der Waals surface area contributed by atoms with Crippen molar-refractivity contribution in [1.29, 1.82) is 0 Å². The molecule has 0 saturated carbocycles. The molecule has 586 valence electrons. The SMILES string of the molecule is Cc1cc(C)cc(-c2cc[n+](C)c(-c3ccccc3C)c2)c1.[2H]C([2H])([2H])C([2H])(C)c1cc(-c2cc[n+](C)c(-c3ccccc3C)c2)ccc1C.[2H]C([2H])([2H])c1cc(-c2cc[n+](C)c(-c3ccccc3C)c2)cc(C)c1C([2H])([2H])[2H].[2H]C([2H])([2H])c1cc(-c2cc[n+](C)c(-c3ccccc3C)c2)ccc1C(C)(C)C([2H])([2H])[2H].[2H]C([2H])([2H])c1cc(C)cc(-c2cc[n+](C)c(-c3ccccc3C)c2)c1. The summed E-state index contributed by atoms with van der Waals surface area (Å²) in [6.07, 6.45) is 10.1.